The summed E-state index contributed by atoms with van der Waals surface area (Å²) in [5.74, 6) is 1.58. The predicted octanol–water partition coefficient (Wildman–Crippen LogP) is 5.76. The Bertz CT molecular complexity index is 1250. The Morgan fingerprint density at radius 1 is 0.941 bits per heavy atom. The third kappa shape index (κ3) is 5.85. The van der Waals surface area contributed by atoms with Gasteiger partial charge in [-0.05, 0) is 56.2 Å². The van der Waals surface area contributed by atoms with Crippen LogP contribution in [0.5, 0.6) is 5.75 Å². The summed E-state index contributed by atoms with van der Waals surface area (Å²) >= 11 is 1.35. The molecule has 1 N–H and O–H groups in total. The van der Waals surface area contributed by atoms with Gasteiger partial charge >= 0.3 is 0 Å². The SMILES string of the molecule is CCc1ccccc1NC(=O)CSc1nnc(COc2ccc(C)cc2)n1-c1ccc(C)cc1. The van der Waals surface area contributed by atoms with Crippen molar-refractivity contribution in [2.75, 3.05) is 11.1 Å². The molecule has 0 saturated heterocycles. The smallest absolute Gasteiger partial charge is 0.234 e. The second-order valence-corrected chi connectivity index (χ2v) is 8.96. The van der Waals surface area contributed by atoms with Crippen molar-refractivity contribution in [2.24, 2.45) is 0 Å². The molecule has 4 aromatic rings. The predicted molar refractivity (Wildman–Crippen MR) is 137 cm³/mol. The molecule has 34 heavy (non-hydrogen) atoms. The number of carbonyl (C=O) groups is 1. The molecule has 7 heteroatoms. The summed E-state index contributed by atoms with van der Waals surface area (Å²) in [7, 11) is 0. The molecule has 6 nitrogen and oxygen atoms in total. The van der Waals surface area contributed by atoms with E-state index in [4.69, 9.17) is 4.74 Å². The van der Waals surface area contributed by atoms with Crippen LogP contribution >= 0.6 is 11.8 Å². The summed E-state index contributed by atoms with van der Waals surface area (Å²) in [6.07, 6.45) is 0.857. The number of aromatic nitrogens is 3. The maximum atomic E-state index is 12.7. The van der Waals surface area contributed by atoms with Gasteiger partial charge in [0.1, 0.15) is 12.4 Å². The second-order valence-electron chi connectivity index (χ2n) is 8.02. The highest BCUT2D eigenvalue weighted by Gasteiger charge is 2.17. The fraction of sp³-hybridized carbons (Fsp3) is 0.222. The fourth-order valence-electron chi connectivity index (χ4n) is 3.49. The van der Waals surface area contributed by atoms with Gasteiger partial charge in [0.15, 0.2) is 11.0 Å². The average molecular weight is 473 g/mol. The molecule has 0 aliphatic carbocycles. The molecule has 3 aromatic carbocycles. The number of carbonyl (C=O) groups excluding carboxylic acids is 1. The number of benzene rings is 3. The molecule has 174 valence electrons. The Labute approximate surface area is 204 Å². The van der Waals surface area contributed by atoms with Crippen molar-refractivity contribution >= 4 is 23.4 Å². The summed E-state index contributed by atoms with van der Waals surface area (Å²) in [4.78, 5) is 12.7. The first-order valence-electron chi connectivity index (χ1n) is 11.2. The molecule has 0 unspecified atom stereocenters. The minimum absolute atomic E-state index is 0.0817. The average Bonchev–Trinajstić information content (AvgIpc) is 3.26. The van der Waals surface area contributed by atoms with E-state index in [1.807, 2.05) is 91.2 Å². The number of anilines is 1. The van der Waals surface area contributed by atoms with E-state index in [1.165, 1.54) is 17.3 Å². The number of rotatable bonds is 9. The van der Waals surface area contributed by atoms with Crippen molar-refractivity contribution in [1.29, 1.82) is 0 Å². The van der Waals surface area contributed by atoms with Crippen molar-refractivity contribution < 1.29 is 9.53 Å². The molecular weight excluding hydrogens is 444 g/mol. The van der Waals surface area contributed by atoms with Crippen LogP contribution in [0.4, 0.5) is 5.69 Å². The standard InChI is InChI=1S/C27H28N4O2S/c1-4-21-7-5-6-8-24(21)28-26(32)18-34-27-30-29-25(17-33-23-15-11-20(3)12-16-23)31(27)22-13-9-19(2)10-14-22/h5-16H,4,17-18H2,1-3H3,(H,28,32). The minimum Gasteiger partial charge on any atom is -0.486 e. The molecule has 0 radical (unpaired) electrons. The number of hydrogen-bond acceptors (Lipinski definition) is 5. The van der Waals surface area contributed by atoms with E-state index in [0.29, 0.717) is 11.0 Å². The van der Waals surface area contributed by atoms with E-state index in [9.17, 15) is 4.79 Å². The van der Waals surface area contributed by atoms with E-state index < -0.39 is 0 Å². The molecule has 0 aliphatic heterocycles. The maximum Gasteiger partial charge on any atom is 0.234 e. The molecule has 1 heterocycles. The summed E-state index contributed by atoms with van der Waals surface area (Å²) in [5, 5.41) is 12.4. The lowest BCUT2D eigenvalue weighted by Gasteiger charge is -2.12. The zero-order valence-corrected chi connectivity index (χ0v) is 20.4. The van der Waals surface area contributed by atoms with E-state index in [2.05, 4.69) is 22.4 Å². The fourth-order valence-corrected chi connectivity index (χ4v) is 4.26. The van der Waals surface area contributed by atoms with Gasteiger partial charge in [-0.25, -0.2) is 0 Å². The topological polar surface area (TPSA) is 69.0 Å². The van der Waals surface area contributed by atoms with Gasteiger partial charge in [0.25, 0.3) is 0 Å². The molecule has 4 rings (SSSR count). The number of hydrogen-bond donors (Lipinski definition) is 1. The monoisotopic (exact) mass is 472 g/mol. The van der Waals surface area contributed by atoms with Crippen LogP contribution < -0.4 is 10.1 Å². The first kappa shape index (κ1) is 23.6. The highest BCUT2D eigenvalue weighted by atomic mass is 32.2. The number of ether oxygens (including phenoxy) is 1. The van der Waals surface area contributed by atoms with E-state index in [1.54, 1.807) is 0 Å². The quantitative estimate of drug-likeness (QED) is 0.314. The number of aryl methyl sites for hydroxylation is 3. The van der Waals surface area contributed by atoms with Gasteiger partial charge in [0.2, 0.25) is 5.91 Å². The van der Waals surface area contributed by atoms with Gasteiger partial charge in [0.05, 0.1) is 5.75 Å². The molecule has 0 fully saturated rings. The third-order valence-corrected chi connectivity index (χ3v) is 6.32. The summed E-state index contributed by atoms with van der Waals surface area (Å²) in [6.45, 7) is 6.42. The lowest BCUT2D eigenvalue weighted by molar-refractivity contribution is -0.113. The zero-order valence-electron chi connectivity index (χ0n) is 19.6. The number of nitrogens with one attached hydrogen (secondary N) is 1. The summed E-state index contributed by atoms with van der Waals surface area (Å²) < 4.78 is 7.91. The molecule has 1 aromatic heterocycles. The van der Waals surface area contributed by atoms with Crippen LogP contribution in [0.15, 0.2) is 78.0 Å². The van der Waals surface area contributed by atoms with Crippen LogP contribution in [-0.4, -0.2) is 26.4 Å². The lowest BCUT2D eigenvalue weighted by Crippen LogP contribution is -2.16. The van der Waals surface area contributed by atoms with Crippen LogP contribution in [0, 0.1) is 13.8 Å². The highest BCUT2D eigenvalue weighted by Crippen LogP contribution is 2.24. The number of para-hydroxylation sites is 1. The van der Waals surface area contributed by atoms with Crippen molar-refractivity contribution in [3.8, 4) is 11.4 Å². The summed E-state index contributed by atoms with van der Waals surface area (Å²) in [6, 6.07) is 23.9. The van der Waals surface area contributed by atoms with E-state index in [0.717, 1.165) is 34.7 Å². The van der Waals surface area contributed by atoms with Crippen molar-refractivity contribution in [3.63, 3.8) is 0 Å². The van der Waals surface area contributed by atoms with Crippen molar-refractivity contribution in [1.82, 2.24) is 14.8 Å². The van der Waals surface area contributed by atoms with Crippen LogP contribution in [-0.2, 0) is 17.8 Å². The van der Waals surface area contributed by atoms with Crippen LogP contribution in [0.3, 0.4) is 0 Å². The Hall–Kier alpha value is -3.58. The molecule has 0 atom stereocenters. The van der Waals surface area contributed by atoms with Gasteiger partial charge in [-0.1, -0.05) is 72.3 Å². The Morgan fingerprint density at radius 2 is 1.62 bits per heavy atom. The number of nitrogens with zero attached hydrogens (tertiary/aromatic N) is 3. The first-order valence-corrected chi connectivity index (χ1v) is 12.2. The molecule has 0 bridgehead atoms. The van der Waals surface area contributed by atoms with Gasteiger partial charge in [-0.3, -0.25) is 9.36 Å². The van der Waals surface area contributed by atoms with Crippen molar-refractivity contribution in [2.45, 2.75) is 39.0 Å². The van der Waals surface area contributed by atoms with Gasteiger partial charge in [-0.2, -0.15) is 0 Å². The molecule has 1 amide bonds. The van der Waals surface area contributed by atoms with Gasteiger partial charge in [-0.15, -0.1) is 10.2 Å². The Morgan fingerprint density at radius 3 is 2.32 bits per heavy atom. The van der Waals surface area contributed by atoms with Crippen LogP contribution in [0.25, 0.3) is 5.69 Å². The largest absolute Gasteiger partial charge is 0.486 e. The molecule has 0 saturated carbocycles. The highest BCUT2D eigenvalue weighted by molar-refractivity contribution is 7.99. The first-order chi connectivity index (χ1) is 16.5. The third-order valence-electron chi connectivity index (χ3n) is 5.39. The van der Waals surface area contributed by atoms with Gasteiger partial charge in [0, 0.05) is 11.4 Å². The minimum atomic E-state index is -0.0817. The molecular formula is C27H28N4O2S. The Balaban J connectivity index is 1.51. The normalized spacial score (nSPS) is 10.8. The van der Waals surface area contributed by atoms with E-state index >= 15 is 0 Å². The van der Waals surface area contributed by atoms with Crippen LogP contribution in [0.1, 0.15) is 29.4 Å². The Kier molecular flexibility index (Phi) is 7.65. The van der Waals surface area contributed by atoms with Gasteiger partial charge < -0.3 is 10.1 Å². The zero-order chi connectivity index (χ0) is 23.9. The van der Waals surface area contributed by atoms with Crippen LogP contribution in [0.2, 0.25) is 0 Å². The maximum absolute atomic E-state index is 12.7. The molecule has 0 spiro atoms. The van der Waals surface area contributed by atoms with Crippen molar-refractivity contribution in [3.05, 3.63) is 95.3 Å². The number of thioether (sulfide) groups is 1. The lowest BCUT2D eigenvalue weighted by atomic mass is 10.1. The second kappa shape index (κ2) is 11.0. The summed E-state index contributed by atoms with van der Waals surface area (Å²) in [5.41, 5.74) is 5.23. The number of amides is 1. The molecule has 0 aliphatic rings. The van der Waals surface area contributed by atoms with E-state index in [-0.39, 0.29) is 18.3 Å².